The smallest absolute Gasteiger partial charge is 0.460 e. The molecule has 1 aromatic rings. The molecule has 6 nitrogen and oxygen atoms in total. The van der Waals surface area contributed by atoms with Gasteiger partial charge in [-0.1, -0.05) is 26.2 Å². The molecule has 0 saturated heterocycles. The zero-order valence-corrected chi connectivity index (χ0v) is 25.7. The SMILES string of the molecule is CCCCCCc1[nH]cc[n+]1C.FC(C(F)(F)F)C(F)(F)O[B-](OC(F)(F)C(F)C(F)(F)F)(OC(F)(F)C(F)C(F)(F)F)OC(F)(F)C(F)C(F)(F)F. The third kappa shape index (κ3) is 15.2. The number of H-pyrrole nitrogens is 1. The van der Waals surface area contributed by atoms with Crippen LogP contribution in [0.5, 0.6) is 0 Å². The second-order valence-electron chi connectivity index (χ2n) is 10.2. The van der Waals surface area contributed by atoms with Gasteiger partial charge in [-0.05, 0) is 6.42 Å². The van der Waals surface area contributed by atoms with Crippen LogP contribution in [0.3, 0.4) is 0 Å². The van der Waals surface area contributed by atoms with E-state index in [1.807, 2.05) is 24.8 Å². The highest BCUT2D eigenvalue weighted by Crippen LogP contribution is 2.48. The molecule has 4 unspecified atom stereocenters. The van der Waals surface area contributed by atoms with Crippen LogP contribution in [0.1, 0.15) is 38.4 Å². The fourth-order valence-electron chi connectivity index (χ4n) is 3.32. The maximum atomic E-state index is 13.6. The molecule has 4 atom stereocenters. The molecule has 0 aliphatic carbocycles. The highest BCUT2D eigenvalue weighted by Gasteiger charge is 2.71. The number of alkyl halides is 24. The first-order chi connectivity index (χ1) is 23.3. The van der Waals surface area contributed by atoms with Crippen molar-refractivity contribution in [1.82, 2.24) is 4.98 Å². The van der Waals surface area contributed by atoms with Gasteiger partial charge in [-0.3, -0.25) is 0 Å². The van der Waals surface area contributed by atoms with Crippen molar-refractivity contribution >= 4 is 6.96 Å². The van der Waals surface area contributed by atoms with Gasteiger partial charge in [0.2, 0.25) is 0 Å². The summed E-state index contributed by atoms with van der Waals surface area (Å²) >= 11 is 0. The molecule has 0 aliphatic heterocycles. The van der Waals surface area contributed by atoms with Crippen LogP contribution in [-0.4, -0.2) is 85.8 Å². The minimum atomic E-state index is -8.69. The molecule has 53 heavy (non-hydrogen) atoms. The Balaban J connectivity index is 0.00000189. The van der Waals surface area contributed by atoms with Crippen molar-refractivity contribution in [2.24, 2.45) is 7.05 Å². The summed E-state index contributed by atoms with van der Waals surface area (Å²) in [7, 11) is 2.09. The molecule has 0 fully saturated rings. The summed E-state index contributed by atoms with van der Waals surface area (Å²) in [5.41, 5.74) is 0. The summed E-state index contributed by atoms with van der Waals surface area (Å²) in [5.74, 6) is 1.34. The molecule has 1 aromatic heterocycles. The van der Waals surface area contributed by atoms with Crippen LogP contribution in [0.2, 0.25) is 0 Å². The van der Waals surface area contributed by atoms with E-state index in [1.165, 1.54) is 37.9 Å². The number of nitrogens with one attached hydrogen (secondary N) is 1. The summed E-state index contributed by atoms with van der Waals surface area (Å²) in [6.45, 7) is -6.44. The van der Waals surface area contributed by atoms with Crippen LogP contribution in [0, 0.1) is 0 Å². The second-order valence-corrected chi connectivity index (χ2v) is 10.2. The molecular formula is C22H23BF24N2O4. The standard InChI is InChI=1S/C12H4BF24O4.C10H18N2/c14-1(5(18,19)20)9(30,31)38-13(39-10(32,33)2(15)6(21,22)23,40-11(34,35)3(16)7(24,25)26)41-12(36,37)4(17)8(27,28)29;1-3-4-5-6-7-10-11-8-9-12(10)2/h1-4H;8-9H,3-7H2,1-2H3/q-1;/p+1. The maximum Gasteiger partial charge on any atom is 0.547 e. The number of aromatic nitrogens is 2. The molecule has 0 aromatic carbocycles. The fourth-order valence-corrected chi connectivity index (χ4v) is 3.32. The summed E-state index contributed by atoms with van der Waals surface area (Å²) < 4.78 is 318. The van der Waals surface area contributed by atoms with Gasteiger partial charge in [-0.15, -0.1) is 0 Å². The minimum absolute atomic E-state index is 1.18. The van der Waals surface area contributed by atoms with Gasteiger partial charge in [0.25, 0.3) is 30.5 Å². The summed E-state index contributed by atoms with van der Waals surface area (Å²) in [6.07, 6.45) is -74.2. The van der Waals surface area contributed by atoms with Crippen molar-refractivity contribution in [1.29, 1.82) is 0 Å². The Kier molecular flexibility index (Phi) is 16.6. The Morgan fingerprint density at radius 3 is 1.02 bits per heavy atom. The van der Waals surface area contributed by atoms with E-state index in [-0.39, 0.29) is 0 Å². The van der Waals surface area contributed by atoms with Gasteiger partial charge in [-0.2, -0.15) is 87.8 Å². The Hall–Kier alpha value is -2.57. The average Bonchev–Trinajstić information content (AvgIpc) is 3.35. The number of imidazole rings is 1. The van der Waals surface area contributed by atoms with Crippen molar-refractivity contribution in [3.63, 3.8) is 0 Å². The van der Waals surface area contributed by atoms with E-state index in [0.717, 1.165) is 0 Å². The van der Waals surface area contributed by atoms with Gasteiger partial charge in [0.05, 0.1) is 7.05 Å². The zero-order valence-electron chi connectivity index (χ0n) is 25.7. The number of rotatable bonds is 17. The van der Waals surface area contributed by atoms with E-state index in [2.05, 4.69) is 29.7 Å². The number of aromatic amines is 1. The number of unbranched alkanes of at least 4 members (excludes halogenated alkanes) is 3. The number of nitrogens with zero attached hydrogens (tertiary/aromatic N) is 1. The summed E-state index contributed by atoms with van der Waals surface area (Å²) in [4.78, 5) is 3.25. The monoisotopic (exact) mass is 846 g/mol. The van der Waals surface area contributed by atoms with Crippen LogP contribution in [-0.2, 0) is 32.1 Å². The van der Waals surface area contributed by atoms with Crippen LogP contribution in [0.4, 0.5) is 105 Å². The molecule has 0 bridgehead atoms. The Morgan fingerprint density at radius 1 is 0.528 bits per heavy atom. The third-order valence-corrected chi connectivity index (χ3v) is 5.78. The highest BCUT2D eigenvalue weighted by atomic mass is 19.4. The van der Waals surface area contributed by atoms with E-state index in [9.17, 15) is 105 Å². The number of halogens is 24. The predicted octanol–water partition coefficient (Wildman–Crippen LogP) is 9.42. The van der Waals surface area contributed by atoms with Gasteiger partial charge in [0.1, 0.15) is 12.4 Å². The van der Waals surface area contributed by atoms with Crippen molar-refractivity contribution in [2.45, 2.75) is 113 Å². The highest BCUT2D eigenvalue weighted by molar-refractivity contribution is 6.54. The molecule has 316 valence electrons. The molecule has 0 spiro atoms. The lowest BCUT2D eigenvalue weighted by Crippen LogP contribution is -2.68. The Bertz CT molecular complexity index is 1110. The van der Waals surface area contributed by atoms with Crippen molar-refractivity contribution in [2.75, 3.05) is 0 Å². The second kappa shape index (κ2) is 17.5. The third-order valence-electron chi connectivity index (χ3n) is 5.78. The molecule has 0 saturated carbocycles. The molecular weight excluding hydrogens is 823 g/mol. The van der Waals surface area contributed by atoms with Crippen molar-refractivity contribution in [3.05, 3.63) is 18.2 Å². The van der Waals surface area contributed by atoms with Gasteiger partial charge >= 0.3 is 56.1 Å². The largest absolute Gasteiger partial charge is 0.547 e. The predicted molar refractivity (Wildman–Crippen MR) is 124 cm³/mol. The average molecular weight is 846 g/mol. The topological polar surface area (TPSA) is 56.6 Å². The number of hydrogen-bond donors (Lipinski definition) is 1. The molecule has 1 heterocycles. The lowest BCUT2D eigenvalue weighted by Gasteiger charge is -2.49. The quantitative estimate of drug-likeness (QED) is 0.0736. The fraction of sp³-hybridized carbons (Fsp3) is 0.864. The Morgan fingerprint density at radius 2 is 0.811 bits per heavy atom. The maximum absolute atomic E-state index is 13.6. The van der Waals surface area contributed by atoms with E-state index >= 15 is 0 Å². The van der Waals surface area contributed by atoms with Gasteiger partial charge in [-0.25, -0.2) is 27.1 Å². The van der Waals surface area contributed by atoms with Crippen LogP contribution >= 0.6 is 0 Å². The molecule has 1 N–H and O–H groups in total. The molecule has 31 heteroatoms. The van der Waals surface area contributed by atoms with Crippen molar-refractivity contribution < 1.29 is 129 Å². The van der Waals surface area contributed by atoms with Gasteiger partial charge in [0, 0.05) is 6.42 Å². The molecule has 0 radical (unpaired) electrons. The number of aryl methyl sites for hydroxylation is 2. The van der Waals surface area contributed by atoms with E-state index in [1.54, 1.807) is 0 Å². The first-order valence-corrected chi connectivity index (χ1v) is 13.6. The first kappa shape index (κ1) is 50.4. The molecule has 0 aliphatic rings. The van der Waals surface area contributed by atoms with Crippen molar-refractivity contribution in [3.8, 4) is 0 Å². The first-order valence-electron chi connectivity index (χ1n) is 13.6. The molecule has 1 rings (SSSR count). The van der Waals surface area contributed by atoms with Gasteiger partial charge < -0.3 is 18.6 Å². The van der Waals surface area contributed by atoms with Gasteiger partial charge in [0.15, 0.2) is 0 Å². The van der Waals surface area contributed by atoms with Crippen LogP contribution in [0.15, 0.2) is 12.4 Å². The van der Waals surface area contributed by atoms with Crippen LogP contribution < -0.4 is 4.57 Å². The molecule has 0 amide bonds. The lowest BCUT2D eigenvalue weighted by molar-refractivity contribution is -0.677. The summed E-state index contributed by atoms with van der Waals surface area (Å²) in [5, 5.41) is 0. The van der Waals surface area contributed by atoms with E-state index in [4.69, 9.17) is 0 Å². The zero-order chi connectivity index (χ0) is 42.4. The van der Waals surface area contributed by atoms with E-state index in [0.29, 0.717) is 0 Å². The van der Waals surface area contributed by atoms with E-state index < -0.39 is 80.8 Å². The minimum Gasteiger partial charge on any atom is -0.460 e. The lowest BCUT2D eigenvalue weighted by atomic mass is 10.0. The number of hydrogen-bond acceptors (Lipinski definition) is 4. The van der Waals surface area contributed by atoms with Crippen LogP contribution in [0.25, 0.3) is 0 Å². The Labute approximate surface area is 279 Å². The summed E-state index contributed by atoms with van der Waals surface area (Å²) in [6, 6.07) is 0. The normalized spacial score (nSPS) is 17.8.